The predicted molar refractivity (Wildman–Crippen MR) is 78.5 cm³/mol. The Balaban J connectivity index is 2.31. The Morgan fingerprint density at radius 2 is 2.17 bits per heavy atom. The van der Waals surface area contributed by atoms with Gasteiger partial charge in [0.2, 0.25) is 0 Å². The zero-order valence-electron chi connectivity index (χ0n) is 11.1. The van der Waals surface area contributed by atoms with Gasteiger partial charge in [-0.1, -0.05) is 24.8 Å². The van der Waals surface area contributed by atoms with Gasteiger partial charge in [-0.05, 0) is 43.6 Å². The highest BCUT2D eigenvalue weighted by Crippen LogP contribution is 2.32. The van der Waals surface area contributed by atoms with Crippen molar-refractivity contribution < 1.29 is 0 Å². The van der Waals surface area contributed by atoms with Crippen LogP contribution in [-0.4, -0.2) is 16.1 Å². The van der Waals surface area contributed by atoms with Crippen LogP contribution < -0.4 is 5.32 Å². The van der Waals surface area contributed by atoms with Crippen LogP contribution >= 0.6 is 22.9 Å². The first-order valence-electron chi connectivity index (χ1n) is 6.37. The average Bonchev–Trinajstić information content (AvgIpc) is 2.96. The summed E-state index contributed by atoms with van der Waals surface area (Å²) in [6.45, 7) is 7.42. The van der Waals surface area contributed by atoms with E-state index in [1.54, 1.807) is 0 Å². The first-order chi connectivity index (χ1) is 8.76. The van der Waals surface area contributed by atoms with E-state index in [2.05, 4.69) is 47.8 Å². The fraction of sp³-hybridized carbons (Fsp3) is 0.538. The Kier molecular flexibility index (Phi) is 4.86. The van der Waals surface area contributed by atoms with Crippen LogP contribution in [0.4, 0.5) is 0 Å². The van der Waals surface area contributed by atoms with Crippen molar-refractivity contribution in [3.8, 4) is 0 Å². The summed E-state index contributed by atoms with van der Waals surface area (Å²) < 4.78 is 4.13. The maximum absolute atomic E-state index is 4.27. The van der Waals surface area contributed by atoms with E-state index in [0.717, 1.165) is 25.1 Å². The summed E-state index contributed by atoms with van der Waals surface area (Å²) in [6.07, 6.45) is 2.12. The molecular weight excluding hydrogens is 262 g/mol. The molecule has 18 heavy (non-hydrogen) atoms. The molecule has 1 unspecified atom stereocenters. The number of hydrogen-bond acceptors (Lipinski definition) is 5. The largest absolute Gasteiger partial charge is 0.305 e. The molecule has 1 N–H and O–H groups in total. The molecule has 1 atom stereocenters. The molecule has 5 heteroatoms. The summed E-state index contributed by atoms with van der Waals surface area (Å²) in [5.41, 5.74) is 1.15. The van der Waals surface area contributed by atoms with E-state index in [9.17, 15) is 0 Å². The predicted octanol–water partition coefficient (Wildman–Crippen LogP) is 3.56. The van der Waals surface area contributed by atoms with Gasteiger partial charge in [0, 0.05) is 9.75 Å². The lowest BCUT2D eigenvalue weighted by atomic mass is 10.1. The molecule has 2 aromatic rings. The number of nitrogens with zero attached hydrogens (tertiary/aromatic N) is 2. The number of nitrogens with one attached hydrogen (secondary N) is 1. The van der Waals surface area contributed by atoms with E-state index < -0.39 is 0 Å². The van der Waals surface area contributed by atoms with Gasteiger partial charge in [0.25, 0.3) is 0 Å². The van der Waals surface area contributed by atoms with Crippen LogP contribution in [0.1, 0.15) is 46.6 Å². The van der Waals surface area contributed by atoms with Crippen molar-refractivity contribution in [3.63, 3.8) is 0 Å². The van der Waals surface area contributed by atoms with E-state index in [1.165, 1.54) is 26.2 Å². The minimum Gasteiger partial charge on any atom is -0.305 e. The van der Waals surface area contributed by atoms with Gasteiger partial charge in [0.1, 0.15) is 0 Å². The summed E-state index contributed by atoms with van der Waals surface area (Å²) in [5.74, 6) is 0. The van der Waals surface area contributed by atoms with Crippen LogP contribution in [0.3, 0.4) is 0 Å². The van der Waals surface area contributed by atoms with E-state index in [0.29, 0.717) is 0 Å². The fourth-order valence-electron chi connectivity index (χ4n) is 1.98. The van der Waals surface area contributed by atoms with Crippen molar-refractivity contribution in [1.29, 1.82) is 0 Å². The molecule has 0 saturated heterocycles. The van der Waals surface area contributed by atoms with E-state index in [4.69, 9.17) is 0 Å². The maximum Gasteiger partial charge on any atom is 0.0807 e. The fourth-order valence-corrected chi connectivity index (χ4v) is 3.81. The number of hydrogen-bond donors (Lipinski definition) is 1. The molecule has 3 nitrogen and oxygen atoms in total. The highest BCUT2D eigenvalue weighted by molar-refractivity contribution is 7.12. The average molecular weight is 281 g/mol. The number of aryl methyl sites for hydroxylation is 2. The van der Waals surface area contributed by atoms with Gasteiger partial charge < -0.3 is 5.32 Å². The second-order valence-corrected chi connectivity index (χ2v) is 6.38. The molecule has 2 rings (SSSR count). The Morgan fingerprint density at radius 3 is 2.78 bits per heavy atom. The number of rotatable bonds is 6. The molecule has 0 spiro atoms. The van der Waals surface area contributed by atoms with Crippen molar-refractivity contribution in [2.45, 2.75) is 39.7 Å². The van der Waals surface area contributed by atoms with Crippen molar-refractivity contribution in [1.82, 2.24) is 14.9 Å². The molecule has 0 aliphatic rings. The quantitative estimate of drug-likeness (QED) is 0.879. The Labute approximate surface area is 116 Å². The number of thiophene rings is 1. The summed E-state index contributed by atoms with van der Waals surface area (Å²) in [4.78, 5) is 3.99. The summed E-state index contributed by atoms with van der Waals surface area (Å²) >= 11 is 3.37. The van der Waals surface area contributed by atoms with Gasteiger partial charge in [0.15, 0.2) is 0 Å². The molecular formula is C13H19N3S2. The molecule has 2 aromatic heterocycles. The lowest BCUT2D eigenvalue weighted by Crippen LogP contribution is -2.21. The Hall–Kier alpha value is -0.780. The van der Waals surface area contributed by atoms with Crippen LogP contribution in [0.25, 0.3) is 0 Å². The van der Waals surface area contributed by atoms with Crippen LogP contribution in [0.5, 0.6) is 0 Å². The third-order valence-electron chi connectivity index (χ3n) is 2.79. The van der Waals surface area contributed by atoms with Crippen molar-refractivity contribution in [2.24, 2.45) is 0 Å². The van der Waals surface area contributed by atoms with Gasteiger partial charge in [0.05, 0.1) is 16.6 Å². The second-order valence-electron chi connectivity index (χ2n) is 4.27. The SMILES string of the molecule is CCCc1nnsc1C(NCC)c1ccc(C)s1. The third-order valence-corrected chi connectivity index (χ3v) is 4.68. The van der Waals surface area contributed by atoms with Crippen LogP contribution in [0.2, 0.25) is 0 Å². The molecule has 0 bridgehead atoms. The molecule has 0 aliphatic carbocycles. The lowest BCUT2D eigenvalue weighted by Gasteiger charge is -2.15. The maximum atomic E-state index is 4.27. The molecule has 0 aromatic carbocycles. The van der Waals surface area contributed by atoms with Gasteiger partial charge >= 0.3 is 0 Å². The molecule has 0 saturated carbocycles. The monoisotopic (exact) mass is 281 g/mol. The molecule has 0 fully saturated rings. The summed E-state index contributed by atoms with van der Waals surface area (Å²) in [7, 11) is 0. The Morgan fingerprint density at radius 1 is 1.33 bits per heavy atom. The normalized spacial score (nSPS) is 12.8. The molecule has 98 valence electrons. The molecule has 0 amide bonds. The van der Waals surface area contributed by atoms with Crippen LogP contribution in [-0.2, 0) is 6.42 Å². The van der Waals surface area contributed by atoms with Gasteiger partial charge in [-0.25, -0.2) is 0 Å². The second kappa shape index (κ2) is 6.41. The topological polar surface area (TPSA) is 37.8 Å². The third kappa shape index (κ3) is 2.96. The Bertz CT molecular complexity index is 490. The molecule has 2 heterocycles. The zero-order chi connectivity index (χ0) is 13.0. The van der Waals surface area contributed by atoms with E-state index in [-0.39, 0.29) is 6.04 Å². The highest BCUT2D eigenvalue weighted by atomic mass is 32.1. The first-order valence-corrected chi connectivity index (χ1v) is 7.96. The van der Waals surface area contributed by atoms with Gasteiger partial charge in [-0.2, -0.15) is 0 Å². The van der Waals surface area contributed by atoms with Gasteiger partial charge in [-0.15, -0.1) is 16.4 Å². The van der Waals surface area contributed by atoms with Crippen LogP contribution in [0.15, 0.2) is 12.1 Å². The molecule has 0 aliphatic heterocycles. The minimum atomic E-state index is 0.259. The molecule has 0 radical (unpaired) electrons. The van der Waals surface area contributed by atoms with E-state index >= 15 is 0 Å². The van der Waals surface area contributed by atoms with Crippen molar-refractivity contribution >= 4 is 22.9 Å². The lowest BCUT2D eigenvalue weighted by molar-refractivity contribution is 0.639. The zero-order valence-corrected chi connectivity index (χ0v) is 12.7. The standard InChI is InChI=1S/C13H19N3S2/c1-4-6-10-13(18-16-15-10)12(14-5-2)11-8-7-9(3)17-11/h7-8,12,14H,4-6H2,1-3H3. The number of aromatic nitrogens is 2. The van der Waals surface area contributed by atoms with E-state index in [1.807, 2.05) is 11.3 Å². The van der Waals surface area contributed by atoms with Crippen molar-refractivity contribution in [2.75, 3.05) is 6.54 Å². The van der Waals surface area contributed by atoms with Crippen LogP contribution in [0, 0.1) is 6.92 Å². The first kappa shape index (κ1) is 13.6. The minimum absolute atomic E-state index is 0.259. The van der Waals surface area contributed by atoms with Crippen molar-refractivity contribution in [3.05, 3.63) is 32.5 Å². The summed E-state index contributed by atoms with van der Waals surface area (Å²) in [6, 6.07) is 4.65. The van der Waals surface area contributed by atoms with Gasteiger partial charge in [-0.3, -0.25) is 0 Å². The highest BCUT2D eigenvalue weighted by Gasteiger charge is 2.21. The summed E-state index contributed by atoms with van der Waals surface area (Å²) in [5, 5.41) is 7.83. The smallest absolute Gasteiger partial charge is 0.0807 e.